The SMILES string of the molecule is C=C1[C@@H](O)[C@@H]2/C=C\C[C@@H](C)CCC[C@H](O)/C=C/C(=O)O[C@@]23C(=O)C[C@@H](Cc2ccccc2)[C@@H]3[C@H]1C. The van der Waals surface area contributed by atoms with Gasteiger partial charge in [0.05, 0.1) is 18.1 Å². The topological polar surface area (TPSA) is 83.8 Å². The highest BCUT2D eigenvalue weighted by atomic mass is 16.6. The number of ketones is 1. The first-order valence-corrected chi connectivity index (χ1v) is 12.9. The third-order valence-corrected chi connectivity index (χ3v) is 8.37. The Balaban J connectivity index is 1.78. The zero-order chi connectivity index (χ0) is 25.2. The minimum atomic E-state index is -1.46. The molecule has 1 aliphatic heterocycles. The lowest BCUT2D eigenvalue weighted by Crippen LogP contribution is -2.61. The minimum Gasteiger partial charge on any atom is -0.447 e. The molecular weight excluding hydrogens is 440 g/mol. The van der Waals surface area contributed by atoms with Gasteiger partial charge in [0, 0.05) is 18.4 Å². The Morgan fingerprint density at radius 2 is 1.83 bits per heavy atom. The molecule has 35 heavy (non-hydrogen) atoms. The first-order valence-electron chi connectivity index (χ1n) is 12.9. The molecule has 2 N–H and O–H groups in total. The van der Waals surface area contributed by atoms with Gasteiger partial charge in [0.1, 0.15) is 0 Å². The first kappa shape index (κ1) is 25.6. The predicted molar refractivity (Wildman–Crippen MR) is 135 cm³/mol. The number of carbonyl (C=O) groups is 2. The highest BCUT2D eigenvalue weighted by Gasteiger charge is 2.67. The number of aliphatic hydroxyl groups excluding tert-OH is 2. The summed E-state index contributed by atoms with van der Waals surface area (Å²) >= 11 is 0. The molecule has 0 amide bonds. The predicted octanol–water partition coefficient (Wildman–Crippen LogP) is 4.58. The maximum atomic E-state index is 13.9. The molecule has 0 unspecified atom stereocenters. The normalized spacial score (nSPS) is 40.2. The van der Waals surface area contributed by atoms with Crippen molar-refractivity contribution < 1.29 is 24.5 Å². The van der Waals surface area contributed by atoms with E-state index < -0.39 is 29.7 Å². The van der Waals surface area contributed by atoms with E-state index in [2.05, 4.69) is 25.6 Å². The van der Waals surface area contributed by atoms with Crippen molar-refractivity contribution in [3.8, 4) is 0 Å². The van der Waals surface area contributed by atoms with Crippen LogP contribution in [0.4, 0.5) is 0 Å². The summed E-state index contributed by atoms with van der Waals surface area (Å²) in [5.41, 5.74) is 0.349. The molecule has 0 aromatic heterocycles. The van der Waals surface area contributed by atoms with Crippen LogP contribution >= 0.6 is 0 Å². The number of ether oxygens (including phenoxy) is 1. The van der Waals surface area contributed by atoms with Crippen molar-refractivity contribution in [3.63, 3.8) is 0 Å². The molecule has 1 heterocycles. The Hall–Kier alpha value is -2.50. The minimum absolute atomic E-state index is 0.0415. The van der Waals surface area contributed by atoms with E-state index in [1.807, 2.05) is 37.3 Å². The highest BCUT2D eigenvalue weighted by molar-refractivity contribution is 5.95. The van der Waals surface area contributed by atoms with Crippen molar-refractivity contribution in [1.82, 2.24) is 0 Å². The van der Waals surface area contributed by atoms with Crippen molar-refractivity contribution in [2.45, 2.75) is 70.2 Å². The Morgan fingerprint density at radius 1 is 1.09 bits per heavy atom. The van der Waals surface area contributed by atoms with Crippen LogP contribution in [-0.4, -0.2) is 39.8 Å². The lowest BCUT2D eigenvalue weighted by Gasteiger charge is -2.50. The summed E-state index contributed by atoms with van der Waals surface area (Å²) in [4.78, 5) is 26.9. The van der Waals surface area contributed by atoms with Gasteiger partial charge in [-0.3, -0.25) is 4.79 Å². The second kappa shape index (κ2) is 10.6. The van der Waals surface area contributed by atoms with E-state index in [-0.39, 0.29) is 30.0 Å². The molecule has 5 heteroatoms. The van der Waals surface area contributed by atoms with Crippen LogP contribution in [-0.2, 0) is 20.7 Å². The molecule has 2 saturated carbocycles. The summed E-state index contributed by atoms with van der Waals surface area (Å²) in [6, 6.07) is 10.0. The monoisotopic (exact) mass is 478 g/mol. The van der Waals surface area contributed by atoms with E-state index in [1.54, 1.807) is 0 Å². The summed E-state index contributed by atoms with van der Waals surface area (Å²) in [6.07, 6.45) is 9.01. The van der Waals surface area contributed by atoms with Gasteiger partial charge in [0.2, 0.25) is 0 Å². The third kappa shape index (κ3) is 5.07. The van der Waals surface area contributed by atoms with E-state index in [1.165, 1.54) is 12.2 Å². The van der Waals surface area contributed by atoms with Crippen LogP contribution in [0, 0.1) is 29.6 Å². The van der Waals surface area contributed by atoms with Crippen molar-refractivity contribution in [1.29, 1.82) is 0 Å². The lowest BCUT2D eigenvalue weighted by molar-refractivity contribution is -0.183. The standard InChI is InChI=1S/C30H38O5/c1-19-9-7-13-24(31)15-16-27(33)35-30-25(14-8-10-19)29(34)21(3)20(2)28(30)23(18-26(30)32)17-22-11-5-4-6-12-22/h4-6,8,11-12,14-16,19-20,23-25,28-29,31,34H,3,7,9-10,13,17-18H2,1-2H3/b14-8-,16-15+/t19-,20-,23+,24-,25-,28-,29+,30+/m0/s1. The number of hydrogen-bond donors (Lipinski definition) is 2. The van der Waals surface area contributed by atoms with Crippen LogP contribution in [0.3, 0.4) is 0 Å². The summed E-state index contributed by atoms with van der Waals surface area (Å²) in [6.45, 7) is 8.35. The molecule has 2 fully saturated rings. The Labute approximate surface area is 208 Å². The quantitative estimate of drug-likeness (QED) is 0.480. The van der Waals surface area contributed by atoms with Gasteiger partial charge in [-0.05, 0) is 54.2 Å². The maximum absolute atomic E-state index is 13.9. The molecule has 0 saturated heterocycles. The van der Waals surface area contributed by atoms with Crippen molar-refractivity contribution in [3.05, 3.63) is 72.4 Å². The number of benzene rings is 1. The fraction of sp³-hybridized carbons (Fsp3) is 0.533. The van der Waals surface area contributed by atoms with Gasteiger partial charge in [-0.15, -0.1) is 0 Å². The molecule has 0 bridgehead atoms. The number of Topliss-reactive ketones (excluding diaryl/α,β-unsaturated/α-hetero) is 1. The first-order chi connectivity index (χ1) is 16.7. The van der Waals surface area contributed by atoms with Crippen molar-refractivity contribution >= 4 is 11.8 Å². The molecule has 0 radical (unpaired) electrons. The fourth-order valence-corrected chi connectivity index (χ4v) is 6.51. The molecule has 4 rings (SSSR count). The smallest absolute Gasteiger partial charge is 0.331 e. The van der Waals surface area contributed by atoms with E-state index >= 15 is 0 Å². The zero-order valence-electron chi connectivity index (χ0n) is 20.8. The van der Waals surface area contributed by atoms with Crippen molar-refractivity contribution in [2.75, 3.05) is 0 Å². The molecule has 1 aromatic carbocycles. The second-order valence-electron chi connectivity index (χ2n) is 10.8. The Kier molecular flexibility index (Phi) is 7.77. The average Bonchev–Trinajstić information content (AvgIpc) is 3.09. The molecule has 5 nitrogen and oxygen atoms in total. The van der Waals surface area contributed by atoms with Crippen LogP contribution in [0.25, 0.3) is 0 Å². The molecule has 2 aliphatic carbocycles. The third-order valence-electron chi connectivity index (χ3n) is 8.37. The molecule has 8 atom stereocenters. The Morgan fingerprint density at radius 3 is 2.57 bits per heavy atom. The molecular formula is C30H38O5. The van der Waals surface area contributed by atoms with E-state index in [9.17, 15) is 19.8 Å². The van der Waals surface area contributed by atoms with Crippen LogP contribution < -0.4 is 0 Å². The largest absolute Gasteiger partial charge is 0.447 e. The second-order valence-corrected chi connectivity index (χ2v) is 10.8. The van der Waals surface area contributed by atoms with Gasteiger partial charge in [-0.2, -0.15) is 0 Å². The van der Waals surface area contributed by atoms with Gasteiger partial charge >= 0.3 is 5.97 Å². The van der Waals surface area contributed by atoms with Gasteiger partial charge < -0.3 is 14.9 Å². The number of rotatable bonds is 2. The van der Waals surface area contributed by atoms with Crippen LogP contribution in [0.5, 0.6) is 0 Å². The van der Waals surface area contributed by atoms with Gasteiger partial charge in [-0.25, -0.2) is 4.79 Å². The summed E-state index contributed by atoms with van der Waals surface area (Å²) in [5.74, 6) is -1.63. The summed E-state index contributed by atoms with van der Waals surface area (Å²) in [7, 11) is 0. The molecule has 1 aromatic rings. The van der Waals surface area contributed by atoms with Gasteiger partial charge in [-0.1, -0.05) is 75.8 Å². The fourth-order valence-electron chi connectivity index (χ4n) is 6.51. The van der Waals surface area contributed by atoms with Gasteiger partial charge in [0.15, 0.2) is 11.4 Å². The van der Waals surface area contributed by atoms with Crippen LogP contribution in [0.15, 0.2) is 66.8 Å². The molecule has 1 spiro atoms. The summed E-state index contributed by atoms with van der Waals surface area (Å²) < 4.78 is 6.12. The Bertz CT molecular complexity index is 995. The number of aliphatic hydroxyl groups is 2. The summed E-state index contributed by atoms with van der Waals surface area (Å²) in [5, 5.41) is 21.6. The van der Waals surface area contributed by atoms with Crippen LogP contribution in [0.1, 0.15) is 51.5 Å². The number of hydrogen-bond acceptors (Lipinski definition) is 5. The number of allylic oxidation sites excluding steroid dienone is 1. The number of esters is 1. The van der Waals surface area contributed by atoms with Crippen LogP contribution in [0.2, 0.25) is 0 Å². The van der Waals surface area contributed by atoms with E-state index in [0.717, 1.165) is 24.8 Å². The van der Waals surface area contributed by atoms with E-state index in [0.29, 0.717) is 24.3 Å². The lowest BCUT2D eigenvalue weighted by atomic mass is 9.59. The zero-order valence-corrected chi connectivity index (χ0v) is 20.8. The molecule has 188 valence electrons. The van der Waals surface area contributed by atoms with E-state index in [4.69, 9.17) is 4.74 Å². The highest BCUT2D eigenvalue weighted by Crippen LogP contribution is 2.57. The maximum Gasteiger partial charge on any atom is 0.331 e. The van der Waals surface area contributed by atoms with Crippen molar-refractivity contribution in [2.24, 2.45) is 29.6 Å². The number of carbonyl (C=O) groups excluding carboxylic acids is 2. The molecule has 3 aliphatic rings. The van der Waals surface area contributed by atoms with Gasteiger partial charge in [0.25, 0.3) is 0 Å². The average molecular weight is 479 g/mol.